The Hall–Kier alpha value is 1.77. The van der Waals surface area contributed by atoms with E-state index in [1.165, 1.54) is 0 Å². The Morgan fingerprint density at radius 3 is 0.750 bits per heavy atom. The summed E-state index contributed by atoms with van der Waals surface area (Å²) in [4.78, 5) is 0. The van der Waals surface area contributed by atoms with Gasteiger partial charge in [-0.1, -0.05) is 0 Å². The van der Waals surface area contributed by atoms with Crippen LogP contribution >= 0.6 is 24.8 Å². The second-order valence-corrected chi connectivity index (χ2v) is 0. The van der Waals surface area contributed by atoms with Crippen molar-refractivity contribution in [3.63, 3.8) is 0 Å². The Balaban J connectivity index is 0. The molecule has 0 N–H and O–H groups in total. The fourth-order valence-electron chi connectivity index (χ4n) is 0. The van der Waals surface area contributed by atoms with Crippen LogP contribution < -0.4 is 0 Å². The van der Waals surface area contributed by atoms with Gasteiger partial charge in [-0.15, -0.1) is 24.8 Å². The summed E-state index contributed by atoms with van der Waals surface area (Å²) in [5.41, 5.74) is 0. The predicted molar refractivity (Wildman–Crippen MR) is 14.5 cm³/mol. The molecule has 0 spiro atoms. The summed E-state index contributed by atoms with van der Waals surface area (Å²) in [6, 6.07) is 0. The minimum Gasteiger partial charge on any atom is -0.147 e. The standard InChI is InChI=1S/2ClH.Co.W/h2*1H;;. The average Bonchev–Trinajstić information content (AvgIpc) is 0. The zero-order valence-corrected chi connectivity index (χ0v) is 7.17. The average molecular weight is 316 g/mol. The van der Waals surface area contributed by atoms with Crippen LogP contribution in [-0.4, -0.2) is 0 Å². The first-order chi connectivity index (χ1) is 0. The normalized spacial score (nSPS) is 0. The molecule has 4 heavy (non-hydrogen) atoms. The number of rotatable bonds is 0. The molecule has 0 amide bonds. The molecule has 0 saturated heterocycles. The largest absolute Gasteiger partial charge is 0.147 e. The van der Waals surface area contributed by atoms with E-state index < -0.39 is 0 Å². The maximum Gasteiger partial charge on any atom is 0 e. The van der Waals surface area contributed by atoms with Gasteiger partial charge in [-0.05, 0) is 0 Å². The zero-order valence-electron chi connectivity index (χ0n) is 1.56. The van der Waals surface area contributed by atoms with Crippen molar-refractivity contribution in [2.75, 3.05) is 0 Å². The van der Waals surface area contributed by atoms with Crippen LogP contribution in [0, 0.1) is 0 Å². The zero-order chi connectivity index (χ0) is 0. The molecule has 0 aromatic carbocycles. The van der Waals surface area contributed by atoms with Gasteiger partial charge in [0.05, 0.1) is 0 Å². The fourth-order valence-corrected chi connectivity index (χ4v) is 0. The third-order valence-electron chi connectivity index (χ3n) is 0. The van der Waals surface area contributed by atoms with Crippen molar-refractivity contribution in [1.82, 2.24) is 0 Å². The summed E-state index contributed by atoms with van der Waals surface area (Å²) in [6.07, 6.45) is 0. The molecule has 0 rings (SSSR count). The Morgan fingerprint density at radius 2 is 0.750 bits per heavy atom. The molecule has 0 aliphatic heterocycles. The first-order valence-corrected chi connectivity index (χ1v) is 0. The van der Waals surface area contributed by atoms with Gasteiger partial charge in [0.1, 0.15) is 0 Å². The van der Waals surface area contributed by atoms with E-state index in [4.69, 9.17) is 0 Å². The van der Waals surface area contributed by atoms with Crippen LogP contribution in [0.3, 0.4) is 0 Å². The minimum atomic E-state index is 0. The first kappa shape index (κ1) is 41.8. The van der Waals surface area contributed by atoms with Crippen molar-refractivity contribution in [1.29, 1.82) is 0 Å². The Morgan fingerprint density at radius 1 is 0.750 bits per heavy atom. The molecule has 0 saturated carbocycles. The van der Waals surface area contributed by atoms with Gasteiger partial charge in [-0.25, -0.2) is 0 Å². The maximum absolute atomic E-state index is 0. The van der Waals surface area contributed by atoms with Gasteiger partial charge < -0.3 is 0 Å². The third kappa shape index (κ3) is 9.23. The second-order valence-electron chi connectivity index (χ2n) is 0. The van der Waals surface area contributed by atoms with Crippen molar-refractivity contribution in [2.24, 2.45) is 0 Å². The molecule has 0 aliphatic rings. The summed E-state index contributed by atoms with van der Waals surface area (Å²) in [5, 5.41) is 0. The summed E-state index contributed by atoms with van der Waals surface area (Å²) in [5.74, 6) is 0. The quantitative estimate of drug-likeness (QED) is 0.621. The molecule has 0 unspecified atom stereocenters. The van der Waals surface area contributed by atoms with Gasteiger partial charge in [0, 0.05) is 37.8 Å². The van der Waals surface area contributed by atoms with E-state index in [-0.39, 0.29) is 62.7 Å². The van der Waals surface area contributed by atoms with Gasteiger partial charge >= 0.3 is 0 Å². The number of hydrogen-bond donors (Lipinski definition) is 0. The Kier molecular flexibility index (Phi) is 226. The molecule has 31 valence electrons. The van der Waals surface area contributed by atoms with Gasteiger partial charge in [0.25, 0.3) is 0 Å². The van der Waals surface area contributed by atoms with Crippen LogP contribution in [0.2, 0.25) is 0 Å². The summed E-state index contributed by atoms with van der Waals surface area (Å²) < 4.78 is 0. The fraction of sp³-hybridized carbons (Fsp3) is 0. The van der Waals surface area contributed by atoms with Crippen molar-refractivity contribution in [3.05, 3.63) is 0 Å². The van der Waals surface area contributed by atoms with Crippen molar-refractivity contribution >= 4 is 24.8 Å². The van der Waals surface area contributed by atoms with Crippen LogP contribution in [0.4, 0.5) is 0 Å². The molecule has 0 nitrogen and oxygen atoms in total. The van der Waals surface area contributed by atoms with Crippen molar-refractivity contribution < 1.29 is 37.8 Å². The molecule has 0 aliphatic carbocycles. The molecular weight excluding hydrogens is 314 g/mol. The maximum atomic E-state index is 0. The number of hydrogen-bond acceptors (Lipinski definition) is 0. The molecular formula is H2Cl2CoW. The van der Waals surface area contributed by atoms with E-state index in [9.17, 15) is 0 Å². The Bertz CT molecular complexity index is 6.00. The monoisotopic (exact) mass is 315 g/mol. The Labute approximate surface area is 62.4 Å². The smallest absolute Gasteiger partial charge is 0 e. The first-order valence-electron chi connectivity index (χ1n) is 0. The molecule has 0 fully saturated rings. The van der Waals surface area contributed by atoms with E-state index >= 15 is 0 Å². The van der Waals surface area contributed by atoms with Crippen LogP contribution in [-0.2, 0) is 37.8 Å². The van der Waals surface area contributed by atoms with Gasteiger partial charge in [-0.3, -0.25) is 0 Å². The van der Waals surface area contributed by atoms with Crippen LogP contribution in [0.15, 0.2) is 0 Å². The van der Waals surface area contributed by atoms with Gasteiger partial charge in [-0.2, -0.15) is 0 Å². The number of halogens is 2. The third-order valence-corrected chi connectivity index (χ3v) is 0. The van der Waals surface area contributed by atoms with Crippen LogP contribution in [0.25, 0.3) is 0 Å². The van der Waals surface area contributed by atoms with Gasteiger partial charge in [0.15, 0.2) is 0 Å². The van der Waals surface area contributed by atoms with Crippen molar-refractivity contribution in [2.45, 2.75) is 0 Å². The summed E-state index contributed by atoms with van der Waals surface area (Å²) in [6.45, 7) is 0. The molecule has 0 aromatic heterocycles. The van der Waals surface area contributed by atoms with E-state index in [1.54, 1.807) is 0 Å². The van der Waals surface area contributed by atoms with Crippen LogP contribution in [0.1, 0.15) is 0 Å². The van der Waals surface area contributed by atoms with Crippen LogP contribution in [0.5, 0.6) is 0 Å². The molecule has 0 aromatic rings. The molecule has 0 heterocycles. The van der Waals surface area contributed by atoms with E-state index in [1.807, 2.05) is 0 Å². The topological polar surface area (TPSA) is 0 Å². The summed E-state index contributed by atoms with van der Waals surface area (Å²) >= 11 is 0. The second kappa shape index (κ2) is 21.6. The van der Waals surface area contributed by atoms with E-state index in [0.717, 1.165) is 0 Å². The SMILES string of the molecule is Cl.Cl.[Co].[W]. The van der Waals surface area contributed by atoms with E-state index in [0.29, 0.717) is 0 Å². The van der Waals surface area contributed by atoms with Crippen molar-refractivity contribution in [3.8, 4) is 0 Å². The summed E-state index contributed by atoms with van der Waals surface area (Å²) in [7, 11) is 0. The molecule has 4 heteroatoms. The molecule has 0 bridgehead atoms. The van der Waals surface area contributed by atoms with Gasteiger partial charge in [0.2, 0.25) is 0 Å². The molecule has 1 radical (unpaired) electrons. The van der Waals surface area contributed by atoms with E-state index in [2.05, 4.69) is 0 Å². The predicted octanol–water partition coefficient (Wildman–Crippen LogP) is 0.839. The minimum absolute atomic E-state index is 0. The molecule has 0 atom stereocenters.